The van der Waals surface area contributed by atoms with Gasteiger partial charge in [0.05, 0.1) is 21.3 Å². The van der Waals surface area contributed by atoms with Gasteiger partial charge in [0, 0.05) is 21.6 Å². The van der Waals surface area contributed by atoms with Crippen LogP contribution in [0, 0.1) is 0 Å². The van der Waals surface area contributed by atoms with Crippen molar-refractivity contribution in [2.45, 2.75) is 43.1 Å². The number of nitrogens with one attached hydrogen (secondary N) is 1. The number of aromatic hydroxyl groups is 1. The summed E-state index contributed by atoms with van der Waals surface area (Å²) >= 11 is 0. The van der Waals surface area contributed by atoms with Crippen LogP contribution in [-0.4, -0.2) is 35.7 Å². The molecule has 0 saturated carbocycles. The number of H-pyrrole nitrogens is 1. The number of rotatable bonds is 9. The van der Waals surface area contributed by atoms with Crippen molar-refractivity contribution in [2.75, 3.05) is 0 Å². The molecule has 174 valence electrons. The van der Waals surface area contributed by atoms with E-state index in [0.717, 1.165) is 12.0 Å². The predicted octanol–water partition coefficient (Wildman–Crippen LogP) is 4.47. The average molecular weight is 477 g/mol. The lowest BCUT2D eigenvalue weighted by atomic mass is 10.0. The Bertz CT molecular complexity index is 1340. The minimum Gasteiger partial charge on any atom is -0.507 e. The Morgan fingerprint density at radius 1 is 1.12 bits per heavy atom. The van der Waals surface area contributed by atoms with Crippen LogP contribution in [-0.2, 0) is 23.8 Å². The summed E-state index contributed by atoms with van der Waals surface area (Å²) in [6, 6.07) is 17.8. The number of nitrogens with zero attached hydrogens (tertiary/aromatic N) is 3. The highest BCUT2D eigenvalue weighted by atomic mass is 32.2. The molecule has 1 heterocycles. The number of phenols is 1. The number of hydrogen-bond acceptors (Lipinski definition) is 7. The van der Waals surface area contributed by atoms with E-state index in [9.17, 15) is 14.1 Å². The quantitative estimate of drug-likeness (QED) is 0.342. The zero-order valence-electron chi connectivity index (χ0n) is 18.8. The third-order valence-corrected chi connectivity index (χ3v) is 6.81. The highest BCUT2D eigenvalue weighted by Gasteiger charge is 2.18. The van der Waals surface area contributed by atoms with Crippen LogP contribution in [0.2, 0.25) is 0 Å². The predicted molar refractivity (Wildman–Crippen MR) is 127 cm³/mol. The molecule has 3 aromatic carbocycles. The van der Waals surface area contributed by atoms with E-state index >= 15 is 0 Å². The van der Waals surface area contributed by atoms with Crippen molar-refractivity contribution >= 4 is 16.6 Å². The molecule has 4 rings (SSSR count). The van der Waals surface area contributed by atoms with Gasteiger partial charge in [0.2, 0.25) is 5.82 Å². The minimum absolute atomic E-state index is 0.0398. The fourth-order valence-electron chi connectivity index (χ4n) is 3.65. The molecule has 4 aromatic rings. The first-order chi connectivity index (χ1) is 16.5. The van der Waals surface area contributed by atoms with Gasteiger partial charge in [-0.1, -0.05) is 43.7 Å². The van der Waals surface area contributed by atoms with Crippen molar-refractivity contribution in [1.29, 1.82) is 0 Å². The van der Waals surface area contributed by atoms with Crippen LogP contribution < -0.4 is 4.74 Å². The lowest BCUT2D eigenvalue weighted by Crippen LogP contribution is -2.05. The molecule has 0 saturated heterocycles. The number of phenolic OH excluding ortho intramolecular Hbond substituents is 1. The Kier molecular flexibility index (Phi) is 7.12. The number of tetrazole rings is 1. The van der Waals surface area contributed by atoms with E-state index in [1.807, 2.05) is 31.2 Å². The maximum absolute atomic E-state index is 13.5. The van der Waals surface area contributed by atoms with Crippen molar-refractivity contribution in [3.8, 4) is 22.9 Å². The molecule has 2 N–H and O–H groups in total. The molecular formula is C25H24N4O4S. The smallest absolute Gasteiger partial charge is 0.204 e. The van der Waals surface area contributed by atoms with Crippen molar-refractivity contribution in [3.63, 3.8) is 0 Å². The Balaban J connectivity index is 1.61. The molecule has 0 aliphatic heterocycles. The van der Waals surface area contributed by atoms with Crippen LogP contribution >= 0.6 is 0 Å². The first-order valence-electron chi connectivity index (χ1n) is 10.8. The van der Waals surface area contributed by atoms with Crippen molar-refractivity contribution in [3.05, 3.63) is 77.4 Å². The molecule has 1 aromatic heterocycles. The number of Topliss-reactive ketones (excluding diaryl/α,β-unsaturated/α-hetero) is 1. The molecule has 8 nitrogen and oxygen atoms in total. The summed E-state index contributed by atoms with van der Waals surface area (Å²) in [5.41, 5.74) is 2.34. The third kappa shape index (κ3) is 4.89. The molecule has 0 aliphatic carbocycles. The van der Waals surface area contributed by atoms with Crippen LogP contribution in [0.5, 0.6) is 11.5 Å². The van der Waals surface area contributed by atoms with Crippen LogP contribution in [0.15, 0.2) is 70.5 Å². The third-order valence-electron chi connectivity index (χ3n) is 5.33. The van der Waals surface area contributed by atoms with E-state index in [2.05, 4.69) is 20.6 Å². The van der Waals surface area contributed by atoms with Crippen LogP contribution in [0.3, 0.4) is 0 Å². The number of hydrogen-bond donors (Lipinski definition) is 2. The molecule has 1 atom stereocenters. The summed E-state index contributed by atoms with van der Waals surface area (Å²) in [4.78, 5) is 13.0. The van der Waals surface area contributed by atoms with E-state index in [1.54, 1.807) is 36.4 Å². The summed E-state index contributed by atoms with van der Waals surface area (Å²) in [6.45, 7) is 3.57. The van der Waals surface area contributed by atoms with E-state index in [0.29, 0.717) is 38.9 Å². The van der Waals surface area contributed by atoms with Gasteiger partial charge in [-0.15, -0.1) is 10.2 Å². The summed E-state index contributed by atoms with van der Waals surface area (Å²) in [5, 5.41) is 24.6. The van der Waals surface area contributed by atoms with E-state index in [1.165, 1.54) is 6.92 Å². The fraction of sp³-hybridized carbons (Fsp3) is 0.200. The first kappa shape index (κ1) is 23.3. The topological polar surface area (TPSA) is 118 Å². The molecular weight excluding hydrogens is 452 g/mol. The summed E-state index contributed by atoms with van der Waals surface area (Å²) in [6.07, 6.45) is 1.35. The maximum atomic E-state index is 13.5. The highest BCUT2D eigenvalue weighted by molar-refractivity contribution is 7.85. The Morgan fingerprint density at radius 2 is 1.94 bits per heavy atom. The highest BCUT2D eigenvalue weighted by Crippen LogP contribution is 2.34. The standard InChI is InChI=1S/C25H24N4O4S/c1-3-7-21-22(13-12-20(16(2)30)24(21)31)33-15-18-8-4-5-11-23(18)34(32)19-10-6-9-17(14-19)25-26-28-29-27-25/h4-6,8-14,31H,3,7,15H2,1-2H3,(H,26,27,28,29). The molecule has 0 amide bonds. The second kappa shape index (κ2) is 10.4. The molecule has 9 heteroatoms. The number of aromatic amines is 1. The minimum atomic E-state index is -1.47. The lowest BCUT2D eigenvalue weighted by Gasteiger charge is -2.16. The molecule has 0 fully saturated rings. The Labute approximate surface area is 199 Å². The van der Waals surface area contributed by atoms with Crippen molar-refractivity contribution in [1.82, 2.24) is 20.6 Å². The molecule has 0 spiro atoms. The fourth-order valence-corrected chi connectivity index (χ4v) is 4.91. The second-order valence-electron chi connectivity index (χ2n) is 7.67. The largest absolute Gasteiger partial charge is 0.507 e. The molecule has 1 unspecified atom stereocenters. The van der Waals surface area contributed by atoms with Gasteiger partial charge in [-0.05, 0) is 48.9 Å². The Hall–Kier alpha value is -3.85. The SMILES string of the molecule is CCCc1c(OCc2ccccc2S(=O)c2cccc(-c3nn[nH]n3)c2)ccc(C(C)=O)c1O. The van der Waals surface area contributed by atoms with Crippen molar-refractivity contribution < 1.29 is 18.8 Å². The summed E-state index contributed by atoms with van der Waals surface area (Å²) < 4.78 is 19.5. The number of carbonyl (C=O) groups is 1. The Morgan fingerprint density at radius 3 is 2.68 bits per heavy atom. The van der Waals surface area contributed by atoms with Crippen LogP contribution in [0.4, 0.5) is 0 Å². The van der Waals surface area contributed by atoms with Gasteiger partial charge in [0.15, 0.2) is 5.78 Å². The first-order valence-corrected chi connectivity index (χ1v) is 12.0. The number of carbonyl (C=O) groups excluding carboxylic acids is 1. The van der Waals surface area contributed by atoms with Gasteiger partial charge in [-0.3, -0.25) is 4.79 Å². The second-order valence-corrected chi connectivity index (χ2v) is 9.12. The average Bonchev–Trinajstić information content (AvgIpc) is 3.39. The van der Waals surface area contributed by atoms with E-state index in [4.69, 9.17) is 4.74 Å². The van der Waals surface area contributed by atoms with Gasteiger partial charge in [0.25, 0.3) is 0 Å². The van der Waals surface area contributed by atoms with Gasteiger partial charge in [-0.2, -0.15) is 5.21 Å². The van der Waals surface area contributed by atoms with Gasteiger partial charge < -0.3 is 9.84 Å². The number of aromatic nitrogens is 4. The zero-order chi connectivity index (χ0) is 24.1. The van der Waals surface area contributed by atoms with Crippen LogP contribution in [0.1, 0.15) is 41.8 Å². The normalized spacial score (nSPS) is 11.8. The van der Waals surface area contributed by atoms with Gasteiger partial charge >= 0.3 is 0 Å². The molecule has 0 aliphatic rings. The number of ether oxygens (including phenoxy) is 1. The monoisotopic (exact) mass is 476 g/mol. The number of benzene rings is 3. The summed E-state index contributed by atoms with van der Waals surface area (Å²) in [5.74, 6) is 0.684. The van der Waals surface area contributed by atoms with Gasteiger partial charge in [0.1, 0.15) is 18.1 Å². The molecule has 0 bridgehead atoms. The van der Waals surface area contributed by atoms with Crippen molar-refractivity contribution in [2.24, 2.45) is 0 Å². The maximum Gasteiger partial charge on any atom is 0.204 e. The zero-order valence-corrected chi connectivity index (χ0v) is 19.6. The molecule has 34 heavy (non-hydrogen) atoms. The van der Waals surface area contributed by atoms with Crippen LogP contribution in [0.25, 0.3) is 11.4 Å². The van der Waals surface area contributed by atoms with E-state index < -0.39 is 10.8 Å². The van der Waals surface area contributed by atoms with Gasteiger partial charge in [-0.25, -0.2) is 4.21 Å². The molecule has 0 radical (unpaired) electrons. The lowest BCUT2D eigenvalue weighted by molar-refractivity contribution is 0.101. The summed E-state index contributed by atoms with van der Waals surface area (Å²) in [7, 11) is -1.47. The van der Waals surface area contributed by atoms with E-state index in [-0.39, 0.29) is 23.7 Å². The number of ketones is 1.